The van der Waals surface area contributed by atoms with Crippen LogP contribution in [-0.4, -0.2) is 96.5 Å². The first kappa shape index (κ1) is 57.8. The van der Waals surface area contributed by atoms with Crippen LogP contribution >= 0.6 is 0 Å². The minimum absolute atomic E-state index is 0. The van der Waals surface area contributed by atoms with E-state index in [4.69, 9.17) is 9.47 Å². The maximum Gasteiger partial charge on any atom is 2.00 e. The van der Waals surface area contributed by atoms with E-state index in [9.17, 15) is 30.0 Å². The van der Waals surface area contributed by atoms with E-state index in [0.717, 1.165) is 65.0 Å². The number of benzene rings is 2. The van der Waals surface area contributed by atoms with E-state index in [1.165, 1.54) is 127 Å². The van der Waals surface area contributed by atoms with Crippen molar-refractivity contribution in [1.82, 2.24) is 0 Å². The predicted octanol–water partition coefficient (Wildman–Crippen LogP) is 9.95. The molecular weight excluding hydrogens is 866 g/mol. The van der Waals surface area contributed by atoms with Gasteiger partial charge in [0.1, 0.15) is 0 Å². The Morgan fingerprint density at radius 1 is 0.407 bits per heavy atom. The summed E-state index contributed by atoms with van der Waals surface area (Å²) < 4.78 is 11.4. The fraction of sp³-hybridized carbons (Fsp3) is 0.720. The van der Waals surface area contributed by atoms with Crippen LogP contribution in [0.15, 0.2) is 60.7 Å². The van der Waals surface area contributed by atoms with Crippen molar-refractivity contribution in [2.24, 2.45) is 0 Å². The summed E-state index contributed by atoms with van der Waals surface area (Å²) >= 11 is 0. The van der Waals surface area contributed by atoms with Crippen LogP contribution < -0.4 is 10.2 Å². The van der Waals surface area contributed by atoms with Crippen molar-refractivity contribution >= 4 is 60.8 Å². The van der Waals surface area contributed by atoms with Crippen LogP contribution in [0.3, 0.4) is 0 Å². The van der Waals surface area contributed by atoms with Crippen molar-refractivity contribution < 1.29 is 39.5 Å². The van der Waals surface area contributed by atoms with Gasteiger partial charge in [0.2, 0.25) is 0 Å². The van der Waals surface area contributed by atoms with Crippen LogP contribution in [0.1, 0.15) is 204 Å². The monoisotopic (exact) mass is 949 g/mol. The molecule has 0 aromatic heterocycles. The van der Waals surface area contributed by atoms with Crippen LogP contribution in [0.25, 0.3) is 0 Å². The first-order valence-corrected chi connectivity index (χ1v) is 23.4. The minimum Gasteiger partial charge on any atom is -0.550 e. The van der Waals surface area contributed by atoms with Crippen molar-refractivity contribution in [2.75, 3.05) is 13.2 Å². The molecule has 0 fully saturated rings. The Hall–Kier alpha value is -1.21. The Morgan fingerprint density at radius 2 is 0.661 bits per heavy atom. The van der Waals surface area contributed by atoms with E-state index in [-0.39, 0.29) is 61.7 Å². The molecule has 0 bridgehead atoms. The Kier molecular flexibility index (Phi) is 43.9. The molecule has 0 saturated heterocycles. The summed E-state index contributed by atoms with van der Waals surface area (Å²) in [7, 11) is 0. The van der Waals surface area contributed by atoms with Crippen LogP contribution in [0.5, 0.6) is 0 Å². The van der Waals surface area contributed by atoms with Gasteiger partial charge in [0.05, 0.1) is 25.4 Å². The number of hydrogen-bond acceptors (Lipinski definition) is 8. The van der Waals surface area contributed by atoms with Crippen molar-refractivity contribution in [2.45, 2.75) is 218 Å². The molecule has 2 atom stereocenters. The number of carboxylic acids is 2. The quantitative estimate of drug-likeness (QED) is 0.0498. The molecule has 9 heteroatoms. The number of unbranched alkanes of at least 4 members (excludes halogenated alkanes) is 22. The molecule has 2 N–H and O–H groups in total. The van der Waals surface area contributed by atoms with E-state index in [1.807, 2.05) is 12.1 Å². The zero-order valence-electron chi connectivity index (χ0n) is 37.0. The number of aliphatic carboxylic acids is 2. The largest absolute Gasteiger partial charge is 2.00 e. The molecule has 0 aliphatic heterocycles. The van der Waals surface area contributed by atoms with Gasteiger partial charge >= 0.3 is 48.9 Å². The van der Waals surface area contributed by atoms with Crippen molar-refractivity contribution in [1.29, 1.82) is 0 Å². The predicted molar refractivity (Wildman–Crippen MR) is 238 cm³/mol. The molecule has 0 saturated carbocycles. The zero-order chi connectivity index (χ0) is 42.0. The van der Waals surface area contributed by atoms with Gasteiger partial charge in [0.25, 0.3) is 0 Å². The fourth-order valence-electron chi connectivity index (χ4n) is 7.09. The Bertz CT molecular complexity index is 1080. The van der Waals surface area contributed by atoms with Gasteiger partial charge in [0.15, 0.2) is 0 Å². The van der Waals surface area contributed by atoms with Gasteiger partial charge in [-0.25, -0.2) is 0 Å². The summed E-state index contributed by atoms with van der Waals surface area (Å²) in [4.78, 5) is 20.7. The number of carbonyl (C=O) groups is 2. The summed E-state index contributed by atoms with van der Waals surface area (Å²) in [5.74, 6) is -2.14. The van der Waals surface area contributed by atoms with E-state index in [2.05, 4.69) is 48.5 Å². The summed E-state index contributed by atoms with van der Waals surface area (Å²) in [5.41, 5.74) is 2.50. The van der Waals surface area contributed by atoms with Crippen molar-refractivity contribution in [3.05, 3.63) is 71.8 Å². The molecule has 2 aromatic rings. The Balaban J connectivity index is 0.00000112. The van der Waals surface area contributed by atoms with Crippen LogP contribution in [0.2, 0.25) is 0 Å². The molecule has 2 aromatic carbocycles. The average molecular weight is 949 g/mol. The Morgan fingerprint density at radius 3 is 0.932 bits per heavy atom. The number of carboxylic acid groups (broad SMARTS) is 2. The molecule has 59 heavy (non-hydrogen) atoms. The third kappa shape index (κ3) is 43.2. The standard InChI is InChI=1S/2C25H42O4.Ba/c2*26-24(19-20-25(27)28)18-14-9-7-5-3-1-2-4-6-8-10-15-21-29-22-23-16-12-11-13-17-23;/h2*11-13,16-17,24,26H,1-10,14-15,18-22H2,(H,27,28);/q;;+2/p-2. The number of aliphatic hydroxyl groups is 2. The second-order valence-electron chi connectivity index (χ2n) is 16.3. The Labute approximate surface area is 400 Å². The molecule has 0 aliphatic rings. The first-order valence-electron chi connectivity index (χ1n) is 23.4. The molecule has 2 unspecified atom stereocenters. The average Bonchev–Trinajstić information content (AvgIpc) is 3.22. The van der Waals surface area contributed by atoms with Gasteiger partial charge in [-0.15, -0.1) is 0 Å². The SMILES string of the molecule is O=C([O-])CCC(O)CCCCCCCCCCCCCCOCc1ccccc1.O=C([O-])CCC(O)CCCCCCCCCCCCCCOCc1ccccc1.[Ba+2]. The third-order valence-corrected chi connectivity index (χ3v) is 10.7. The third-order valence-electron chi connectivity index (χ3n) is 10.7. The van der Waals surface area contributed by atoms with E-state index in [1.54, 1.807) is 0 Å². The molecule has 0 heterocycles. The number of ether oxygens (including phenoxy) is 2. The maximum atomic E-state index is 10.3. The molecule has 2 rings (SSSR count). The van der Waals surface area contributed by atoms with E-state index < -0.39 is 24.1 Å². The van der Waals surface area contributed by atoms with Gasteiger partial charge in [-0.3, -0.25) is 0 Å². The number of hydrogen-bond donors (Lipinski definition) is 2. The summed E-state index contributed by atoms with van der Waals surface area (Å²) in [6.45, 7) is 3.18. The van der Waals surface area contributed by atoms with E-state index >= 15 is 0 Å². The second-order valence-corrected chi connectivity index (χ2v) is 16.3. The second kappa shape index (κ2) is 44.8. The molecule has 8 nitrogen and oxygen atoms in total. The molecule has 0 spiro atoms. The fourth-order valence-corrected chi connectivity index (χ4v) is 7.09. The van der Waals surface area contributed by atoms with Crippen LogP contribution in [0.4, 0.5) is 0 Å². The molecule has 0 amide bonds. The molecule has 0 radical (unpaired) electrons. The number of aliphatic hydroxyl groups excluding tert-OH is 2. The van der Waals surface area contributed by atoms with E-state index in [0.29, 0.717) is 25.7 Å². The summed E-state index contributed by atoms with van der Waals surface area (Å²) in [6.07, 6.45) is 31.0. The van der Waals surface area contributed by atoms with Crippen molar-refractivity contribution in [3.63, 3.8) is 0 Å². The molecule has 0 aliphatic carbocycles. The summed E-state index contributed by atoms with van der Waals surface area (Å²) in [6, 6.07) is 20.7. The van der Waals surface area contributed by atoms with Gasteiger partial charge < -0.3 is 39.5 Å². The van der Waals surface area contributed by atoms with Gasteiger partial charge in [-0.05, 0) is 62.5 Å². The van der Waals surface area contributed by atoms with Crippen LogP contribution in [-0.2, 0) is 32.3 Å². The van der Waals surface area contributed by atoms with Gasteiger partial charge in [-0.2, -0.15) is 0 Å². The topological polar surface area (TPSA) is 139 Å². The normalized spacial score (nSPS) is 12.0. The maximum absolute atomic E-state index is 10.3. The molecule has 332 valence electrons. The van der Waals surface area contributed by atoms with Gasteiger partial charge in [0, 0.05) is 25.2 Å². The number of carbonyl (C=O) groups excluding carboxylic acids is 2. The van der Waals surface area contributed by atoms with Crippen LogP contribution in [0, 0.1) is 0 Å². The van der Waals surface area contributed by atoms with Gasteiger partial charge in [-0.1, -0.05) is 202 Å². The summed E-state index contributed by atoms with van der Waals surface area (Å²) in [5, 5.41) is 40.0. The zero-order valence-corrected chi connectivity index (χ0v) is 41.5. The first-order chi connectivity index (χ1) is 28.4. The van der Waals surface area contributed by atoms with Crippen molar-refractivity contribution in [3.8, 4) is 0 Å². The molecular formula is C50H82BaO8. The smallest absolute Gasteiger partial charge is 0.550 e. The number of rotatable bonds is 40. The minimum atomic E-state index is -1.07.